The van der Waals surface area contributed by atoms with E-state index in [1.54, 1.807) is 24.3 Å². The third-order valence-electron chi connectivity index (χ3n) is 5.68. The van der Waals surface area contributed by atoms with Crippen molar-refractivity contribution >= 4 is 45.1 Å². The van der Waals surface area contributed by atoms with Crippen LogP contribution in [0.25, 0.3) is 0 Å². The number of ketones is 1. The lowest BCUT2D eigenvalue weighted by Crippen LogP contribution is -2.31. The van der Waals surface area contributed by atoms with Gasteiger partial charge in [0, 0.05) is 27.9 Å². The molecule has 1 amide bonds. The summed E-state index contributed by atoms with van der Waals surface area (Å²) >= 11 is 4.59. The summed E-state index contributed by atoms with van der Waals surface area (Å²) in [5, 5.41) is 26.8. The fourth-order valence-electron chi connectivity index (χ4n) is 4.11. The number of allylic oxidation sites excluding steroid dienone is 3. The average Bonchev–Trinajstić information content (AvgIpc) is 2.84. The number of nitrogens with zero attached hydrogens (tertiary/aromatic N) is 1. The number of nitriles is 1. The summed E-state index contributed by atoms with van der Waals surface area (Å²) in [6.07, 6.45) is 1.82. The van der Waals surface area contributed by atoms with E-state index in [-0.39, 0.29) is 28.9 Å². The highest BCUT2D eigenvalue weighted by atomic mass is 79.9. The number of nitrogens with one attached hydrogen (secondary N) is 2. The molecule has 0 bridgehead atoms. The summed E-state index contributed by atoms with van der Waals surface area (Å²) in [6.45, 7) is 0. The Balaban J connectivity index is 1.64. The minimum atomic E-state index is -0.597. The van der Waals surface area contributed by atoms with Gasteiger partial charge in [0.05, 0.1) is 35.5 Å². The third kappa shape index (κ3) is 4.98. The lowest BCUT2D eigenvalue weighted by atomic mass is 9.77. The number of ether oxygens (including phenoxy) is 1. The Kier molecular flexibility index (Phi) is 7.29. The van der Waals surface area contributed by atoms with E-state index in [1.807, 2.05) is 12.1 Å². The molecule has 0 radical (unpaired) electrons. The smallest absolute Gasteiger partial charge is 0.234 e. The molecule has 0 saturated carbocycles. The van der Waals surface area contributed by atoms with Gasteiger partial charge in [-0.25, -0.2) is 0 Å². The lowest BCUT2D eigenvalue weighted by Gasteiger charge is -2.33. The van der Waals surface area contributed by atoms with Crippen LogP contribution in [-0.4, -0.2) is 29.7 Å². The van der Waals surface area contributed by atoms with Crippen molar-refractivity contribution in [2.45, 2.75) is 25.2 Å². The number of Topliss-reactive ketones (excluding diaryl/α,β-unsaturated/α-hetero) is 1. The van der Waals surface area contributed by atoms with Gasteiger partial charge in [-0.3, -0.25) is 9.59 Å². The van der Waals surface area contributed by atoms with Crippen molar-refractivity contribution in [3.05, 3.63) is 74.4 Å². The van der Waals surface area contributed by atoms with Gasteiger partial charge < -0.3 is 20.5 Å². The molecule has 3 N–H and O–H groups in total. The molecule has 1 atom stereocenters. The van der Waals surface area contributed by atoms with Crippen LogP contribution in [0, 0.1) is 11.3 Å². The largest absolute Gasteiger partial charge is 0.504 e. The van der Waals surface area contributed by atoms with Crippen LogP contribution in [0.4, 0.5) is 5.69 Å². The van der Waals surface area contributed by atoms with Gasteiger partial charge in [0.25, 0.3) is 0 Å². The average molecular weight is 540 g/mol. The summed E-state index contributed by atoms with van der Waals surface area (Å²) in [5.74, 6) is -0.476. The molecule has 0 aromatic heterocycles. The van der Waals surface area contributed by atoms with E-state index in [0.717, 1.165) is 16.6 Å². The maximum absolute atomic E-state index is 12.9. The van der Waals surface area contributed by atoms with Gasteiger partial charge in [-0.15, -0.1) is 0 Å². The minimum absolute atomic E-state index is 0.00410. The van der Waals surface area contributed by atoms with E-state index in [4.69, 9.17) is 4.74 Å². The molecule has 1 heterocycles. The molecule has 1 aliphatic carbocycles. The third-order valence-corrected chi connectivity index (χ3v) is 7.22. The van der Waals surface area contributed by atoms with E-state index in [2.05, 4.69) is 32.6 Å². The fourth-order valence-corrected chi connectivity index (χ4v) is 5.24. The number of benzene rings is 2. The van der Waals surface area contributed by atoms with Gasteiger partial charge in [0.1, 0.15) is 0 Å². The van der Waals surface area contributed by atoms with Crippen LogP contribution < -0.4 is 15.4 Å². The van der Waals surface area contributed by atoms with Gasteiger partial charge >= 0.3 is 0 Å². The number of halogens is 1. The van der Waals surface area contributed by atoms with Crippen LogP contribution in [0.3, 0.4) is 0 Å². The highest BCUT2D eigenvalue weighted by molar-refractivity contribution is 9.10. The summed E-state index contributed by atoms with van der Waals surface area (Å²) in [4.78, 5) is 25.5. The quantitative estimate of drug-likeness (QED) is 0.475. The molecule has 0 unspecified atom stereocenters. The Hall–Kier alpha value is -3.22. The summed E-state index contributed by atoms with van der Waals surface area (Å²) in [5.41, 5.74) is 3.06. The van der Waals surface area contributed by atoms with Crippen LogP contribution in [0.1, 0.15) is 30.7 Å². The Morgan fingerprint density at radius 2 is 2.06 bits per heavy atom. The number of carbonyl (C=O) groups excluding carboxylic acids is 2. The highest BCUT2D eigenvalue weighted by Crippen LogP contribution is 2.45. The summed E-state index contributed by atoms with van der Waals surface area (Å²) in [7, 11) is 1.45. The fraction of sp³-hybridized carbons (Fsp3) is 0.240. The van der Waals surface area contributed by atoms with E-state index in [0.29, 0.717) is 40.3 Å². The second kappa shape index (κ2) is 10.4. The molecule has 0 spiro atoms. The number of thioether (sulfide) groups is 1. The zero-order chi connectivity index (χ0) is 24.2. The van der Waals surface area contributed by atoms with Crippen molar-refractivity contribution in [2.24, 2.45) is 0 Å². The topological polar surface area (TPSA) is 111 Å². The first-order valence-electron chi connectivity index (χ1n) is 10.6. The van der Waals surface area contributed by atoms with E-state index < -0.39 is 5.92 Å². The van der Waals surface area contributed by atoms with E-state index in [1.165, 1.54) is 24.9 Å². The molecule has 1 aliphatic heterocycles. The Bertz CT molecular complexity index is 1250. The molecule has 34 heavy (non-hydrogen) atoms. The number of phenolic OH excluding ortho intramolecular Hbond substituents is 1. The standard InChI is InChI=1S/C25H22BrN3O4S/c1-33-21-11-14(5-10-19(21)30)23-17(12-27)25(29-18-3-2-4-20(31)24(18)23)34-13-22(32)28-16-8-6-15(26)7-9-16/h5-11,23,29-30H,2-4,13H2,1H3,(H,28,32)/t23-/m0/s1. The van der Waals surface area contributed by atoms with Gasteiger partial charge in [-0.2, -0.15) is 5.26 Å². The van der Waals surface area contributed by atoms with Crippen LogP contribution in [0.2, 0.25) is 0 Å². The van der Waals surface area contributed by atoms with Crippen LogP contribution >= 0.6 is 27.7 Å². The van der Waals surface area contributed by atoms with Gasteiger partial charge in [0.15, 0.2) is 17.3 Å². The molecule has 7 nitrogen and oxygen atoms in total. The van der Waals surface area contributed by atoms with Crippen molar-refractivity contribution in [3.8, 4) is 17.6 Å². The number of carbonyl (C=O) groups is 2. The second-order valence-corrected chi connectivity index (χ2v) is 9.76. The molecule has 0 fully saturated rings. The van der Waals surface area contributed by atoms with Crippen LogP contribution in [-0.2, 0) is 9.59 Å². The molecular formula is C25H22BrN3O4S. The zero-order valence-corrected chi connectivity index (χ0v) is 20.8. The molecule has 9 heteroatoms. The number of rotatable bonds is 6. The molecule has 174 valence electrons. The number of anilines is 1. The van der Waals surface area contributed by atoms with Crippen molar-refractivity contribution < 1.29 is 19.4 Å². The van der Waals surface area contributed by atoms with E-state index >= 15 is 0 Å². The van der Waals surface area contributed by atoms with Crippen molar-refractivity contribution in [3.63, 3.8) is 0 Å². The molecular weight excluding hydrogens is 518 g/mol. The first-order chi connectivity index (χ1) is 16.4. The molecule has 2 aromatic carbocycles. The minimum Gasteiger partial charge on any atom is -0.504 e. The maximum Gasteiger partial charge on any atom is 0.234 e. The molecule has 2 aromatic rings. The monoisotopic (exact) mass is 539 g/mol. The van der Waals surface area contributed by atoms with Gasteiger partial charge in [0.2, 0.25) is 5.91 Å². The van der Waals surface area contributed by atoms with Gasteiger partial charge in [-0.1, -0.05) is 33.8 Å². The summed E-state index contributed by atoms with van der Waals surface area (Å²) < 4.78 is 6.17. The lowest BCUT2D eigenvalue weighted by molar-refractivity contribution is -0.116. The summed E-state index contributed by atoms with van der Waals surface area (Å²) in [6, 6.07) is 14.4. The predicted molar refractivity (Wildman–Crippen MR) is 134 cm³/mol. The predicted octanol–water partition coefficient (Wildman–Crippen LogP) is 4.96. The van der Waals surface area contributed by atoms with Crippen LogP contribution in [0.15, 0.2) is 68.8 Å². The Morgan fingerprint density at radius 3 is 2.76 bits per heavy atom. The number of aromatic hydroxyl groups is 1. The SMILES string of the molecule is COc1cc([C@H]2C(C#N)=C(SCC(=O)Nc3ccc(Br)cc3)NC3=C2C(=O)CCC3)ccc1O. The van der Waals surface area contributed by atoms with Crippen molar-refractivity contribution in [2.75, 3.05) is 18.2 Å². The normalized spacial score (nSPS) is 17.6. The number of phenols is 1. The van der Waals surface area contributed by atoms with Crippen molar-refractivity contribution in [1.82, 2.24) is 5.32 Å². The zero-order valence-electron chi connectivity index (χ0n) is 18.4. The number of dihydropyridines is 1. The Labute approximate surface area is 210 Å². The number of hydrogen-bond acceptors (Lipinski definition) is 7. The first kappa shape index (κ1) is 23.9. The van der Waals surface area contributed by atoms with Crippen LogP contribution in [0.5, 0.6) is 11.5 Å². The maximum atomic E-state index is 12.9. The van der Waals surface area contributed by atoms with E-state index in [9.17, 15) is 20.0 Å². The second-order valence-electron chi connectivity index (χ2n) is 7.86. The Morgan fingerprint density at radius 1 is 1.29 bits per heavy atom. The molecule has 2 aliphatic rings. The number of methoxy groups -OCH3 is 1. The highest BCUT2D eigenvalue weighted by Gasteiger charge is 2.37. The first-order valence-corrected chi connectivity index (χ1v) is 12.4. The van der Waals surface area contributed by atoms with Gasteiger partial charge in [-0.05, 0) is 54.8 Å². The molecule has 0 saturated heterocycles. The number of amides is 1. The number of hydrogen-bond donors (Lipinski definition) is 3. The van der Waals surface area contributed by atoms with Crippen molar-refractivity contribution in [1.29, 1.82) is 5.26 Å². The molecule has 4 rings (SSSR count).